The zero-order valence-electron chi connectivity index (χ0n) is 16.7. The molecule has 0 saturated carbocycles. The van der Waals surface area contributed by atoms with Crippen LogP contribution in [-0.4, -0.2) is 35.3 Å². The van der Waals surface area contributed by atoms with Gasteiger partial charge in [-0.3, -0.25) is 9.59 Å². The molecule has 0 spiro atoms. The smallest absolute Gasteiger partial charge is 0.254 e. The van der Waals surface area contributed by atoms with Gasteiger partial charge in [0.1, 0.15) is 5.75 Å². The van der Waals surface area contributed by atoms with Crippen LogP contribution in [0, 0.1) is 13.8 Å². The van der Waals surface area contributed by atoms with Crippen molar-refractivity contribution in [2.45, 2.75) is 13.8 Å². The van der Waals surface area contributed by atoms with Gasteiger partial charge in [0.15, 0.2) is 0 Å². The summed E-state index contributed by atoms with van der Waals surface area (Å²) in [6.45, 7) is 4.00. The minimum atomic E-state index is -0.304. The standard InChI is InChI=1S/C23H23N3O3/c1-16-9-11-20(13-17(16)2)29-22-12-10-19(14-24-22)25-21(27)15-26(3)23(28)18-7-5-4-6-8-18/h4-14H,15H2,1-3H3,(H,25,27). The summed E-state index contributed by atoms with van der Waals surface area (Å²) in [4.78, 5) is 30.1. The van der Waals surface area contributed by atoms with Crippen molar-refractivity contribution in [1.82, 2.24) is 9.88 Å². The number of amides is 2. The largest absolute Gasteiger partial charge is 0.439 e. The van der Waals surface area contributed by atoms with E-state index >= 15 is 0 Å². The highest BCUT2D eigenvalue weighted by atomic mass is 16.5. The lowest BCUT2D eigenvalue weighted by Crippen LogP contribution is -2.34. The summed E-state index contributed by atoms with van der Waals surface area (Å²) < 4.78 is 5.74. The molecule has 3 aromatic rings. The zero-order valence-corrected chi connectivity index (χ0v) is 16.7. The van der Waals surface area contributed by atoms with Crippen LogP contribution in [0.25, 0.3) is 0 Å². The number of nitrogens with one attached hydrogen (secondary N) is 1. The summed E-state index contributed by atoms with van der Waals surface area (Å²) in [5.74, 6) is 0.624. The Balaban J connectivity index is 1.55. The number of ether oxygens (including phenoxy) is 1. The van der Waals surface area contributed by atoms with Gasteiger partial charge in [-0.2, -0.15) is 0 Å². The van der Waals surface area contributed by atoms with Crippen LogP contribution in [0.4, 0.5) is 5.69 Å². The van der Waals surface area contributed by atoms with E-state index < -0.39 is 0 Å². The summed E-state index contributed by atoms with van der Waals surface area (Å²) >= 11 is 0. The number of aromatic nitrogens is 1. The maximum absolute atomic E-state index is 12.3. The maximum Gasteiger partial charge on any atom is 0.254 e. The van der Waals surface area contributed by atoms with Crippen LogP contribution >= 0.6 is 0 Å². The molecule has 0 aliphatic rings. The topological polar surface area (TPSA) is 71.5 Å². The van der Waals surface area contributed by atoms with Gasteiger partial charge in [-0.05, 0) is 55.3 Å². The van der Waals surface area contributed by atoms with Crippen molar-refractivity contribution in [2.24, 2.45) is 0 Å². The second-order valence-electron chi connectivity index (χ2n) is 6.81. The van der Waals surface area contributed by atoms with E-state index in [9.17, 15) is 9.59 Å². The predicted octanol–water partition coefficient (Wildman–Crippen LogP) is 4.20. The predicted molar refractivity (Wildman–Crippen MR) is 112 cm³/mol. The molecule has 0 aliphatic heterocycles. The Morgan fingerprint density at radius 3 is 2.41 bits per heavy atom. The van der Waals surface area contributed by atoms with E-state index in [1.54, 1.807) is 43.4 Å². The van der Waals surface area contributed by atoms with Gasteiger partial charge < -0.3 is 15.0 Å². The number of likely N-dealkylation sites (N-methyl/N-ethyl adjacent to an activating group) is 1. The van der Waals surface area contributed by atoms with Gasteiger partial charge in [0, 0.05) is 18.7 Å². The molecule has 0 atom stereocenters. The molecule has 2 aromatic carbocycles. The maximum atomic E-state index is 12.3. The minimum absolute atomic E-state index is 0.0609. The van der Waals surface area contributed by atoms with Crippen LogP contribution in [0.2, 0.25) is 0 Å². The summed E-state index contributed by atoms with van der Waals surface area (Å²) in [6.07, 6.45) is 1.52. The molecule has 6 heteroatoms. The molecule has 148 valence electrons. The van der Waals surface area contributed by atoms with Crippen LogP contribution in [0.3, 0.4) is 0 Å². The van der Waals surface area contributed by atoms with Gasteiger partial charge in [0.25, 0.3) is 5.91 Å². The second-order valence-corrected chi connectivity index (χ2v) is 6.81. The minimum Gasteiger partial charge on any atom is -0.439 e. The first-order valence-electron chi connectivity index (χ1n) is 9.24. The molecule has 0 aliphatic carbocycles. The molecule has 0 unspecified atom stereocenters. The van der Waals surface area contributed by atoms with E-state index in [4.69, 9.17) is 4.74 Å². The van der Waals surface area contributed by atoms with Gasteiger partial charge in [-0.15, -0.1) is 0 Å². The first kappa shape index (κ1) is 20.1. The van der Waals surface area contributed by atoms with Crippen molar-refractivity contribution in [3.05, 3.63) is 83.6 Å². The molecule has 3 rings (SSSR count). The van der Waals surface area contributed by atoms with Gasteiger partial charge in [-0.25, -0.2) is 4.98 Å². The average Bonchev–Trinajstić information content (AvgIpc) is 2.72. The zero-order chi connectivity index (χ0) is 20.8. The highest BCUT2D eigenvalue weighted by Gasteiger charge is 2.14. The Morgan fingerprint density at radius 1 is 1.00 bits per heavy atom. The number of pyridine rings is 1. The molecule has 0 bridgehead atoms. The fraction of sp³-hybridized carbons (Fsp3) is 0.174. The molecule has 6 nitrogen and oxygen atoms in total. The number of rotatable bonds is 6. The number of nitrogens with zero attached hydrogens (tertiary/aromatic N) is 2. The third-order valence-electron chi connectivity index (χ3n) is 4.47. The molecule has 0 radical (unpaired) electrons. The quantitative estimate of drug-likeness (QED) is 0.686. The van der Waals surface area contributed by atoms with Gasteiger partial charge in [0.2, 0.25) is 11.8 Å². The third kappa shape index (κ3) is 5.42. The molecular weight excluding hydrogens is 366 g/mol. The van der Waals surface area contributed by atoms with Crippen molar-refractivity contribution >= 4 is 17.5 Å². The lowest BCUT2D eigenvalue weighted by atomic mass is 10.1. The SMILES string of the molecule is Cc1ccc(Oc2ccc(NC(=O)CN(C)C(=O)c3ccccc3)cn2)cc1C. The van der Waals surface area contributed by atoms with E-state index in [2.05, 4.69) is 10.3 Å². The van der Waals surface area contributed by atoms with Crippen LogP contribution in [0.1, 0.15) is 21.5 Å². The van der Waals surface area contributed by atoms with Gasteiger partial charge >= 0.3 is 0 Å². The Bertz CT molecular complexity index is 1000. The van der Waals surface area contributed by atoms with Crippen LogP contribution < -0.4 is 10.1 Å². The Kier molecular flexibility index (Phi) is 6.24. The summed E-state index contributed by atoms with van der Waals surface area (Å²) in [5, 5.41) is 2.74. The van der Waals surface area contributed by atoms with Crippen LogP contribution in [0.15, 0.2) is 66.9 Å². The summed E-state index contributed by atoms with van der Waals surface area (Å²) in [7, 11) is 1.59. The van der Waals surface area contributed by atoms with Crippen molar-refractivity contribution < 1.29 is 14.3 Å². The van der Waals surface area contributed by atoms with Crippen LogP contribution in [-0.2, 0) is 4.79 Å². The number of hydrogen-bond acceptors (Lipinski definition) is 4. The molecule has 1 aromatic heterocycles. The monoisotopic (exact) mass is 389 g/mol. The van der Waals surface area contributed by atoms with Crippen molar-refractivity contribution in [2.75, 3.05) is 18.9 Å². The fourth-order valence-electron chi connectivity index (χ4n) is 2.70. The van der Waals surface area contributed by atoms with Crippen molar-refractivity contribution in [1.29, 1.82) is 0 Å². The summed E-state index contributed by atoms with van der Waals surface area (Å²) in [6, 6.07) is 18.1. The van der Waals surface area contributed by atoms with Crippen molar-refractivity contribution in [3.63, 3.8) is 0 Å². The first-order chi connectivity index (χ1) is 13.9. The summed E-state index contributed by atoms with van der Waals surface area (Å²) in [5.41, 5.74) is 3.40. The fourth-order valence-corrected chi connectivity index (χ4v) is 2.70. The molecule has 29 heavy (non-hydrogen) atoms. The van der Waals surface area contributed by atoms with Gasteiger partial charge in [0.05, 0.1) is 18.4 Å². The number of hydrogen-bond donors (Lipinski definition) is 1. The van der Waals surface area contributed by atoms with Gasteiger partial charge in [-0.1, -0.05) is 24.3 Å². The highest BCUT2D eigenvalue weighted by molar-refractivity contribution is 5.99. The molecular formula is C23H23N3O3. The number of carbonyl (C=O) groups excluding carboxylic acids is 2. The number of anilines is 1. The van der Waals surface area contributed by atoms with E-state index in [0.717, 1.165) is 5.56 Å². The van der Waals surface area contributed by atoms with E-state index in [0.29, 0.717) is 22.9 Å². The number of carbonyl (C=O) groups is 2. The Morgan fingerprint density at radius 2 is 1.76 bits per heavy atom. The third-order valence-corrected chi connectivity index (χ3v) is 4.47. The number of aryl methyl sites for hydroxylation is 2. The Hall–Kier alpha value is -3.67. The van der Waals surface area contributed by atoms with E-state index in [-0.39, 0.29) is 18.4 Å². The number of benzene rings is 2. The highest BCUT2D eigenvalue weighted by Crippen LogP contribution is 2.23. The Labute approximate surface area is 170 Å². The van der Waals surface area contributed by atoms with Crippen LogP contribution in [0.5, 0.6) is 11.6 Å². The van der Waals surface area contributed by atoms with E-state index in [1.807, 2.05) is 38.1 Å². The lowest BCUT2D eigenvalue weighted by molar-refractivity contribution is -0.116. The molecule has 0 saturated heterocycles. The molecule has 1 heterocycles. The first-order valence-corrected chi connectivity index (χ1v) is 9.24. The van der Waals surface area contributed by atoms with Crippen molar-refractivity contribution in [3.8, 4) is 11.6 Å². The molecule has 1 N–H and O–H groups in total. The molecule has 2 amide bonds. The molecule has 0 fully saturated rings. The average molecular weight is 389 g/mol. The lowest BCUT2D eigenvalue weighted by Gasteiger charge is -2.16. The second kappa shape index (κ2) is 9.01. The van der Waals surface area contributed by atoms with E-state index in [1.165, 1.54) is 16.7 Å². The normalized spacial score (nSPS) is 10.3.